The van der Waals surface area contributed by atoms with Gasteiger partial charge in [0.25, 0.3) is 0 Å². The molecule has 0 bridgehead atoms. The lowest BCUT2D eigenvalue weighted by Crippen LogP contribution is -2.41. The Bertz CT molecular complexity index is 879. The first kappa shape index (κ1) is 29.5. The molecule has 2 N–H and O–H groups in total. The van der Waals surface area contributed by atoms with Crippen molar-refractivity contribution < 1.29 is 31.9 Å². The zero-order valence-electron chi connectivity index (χ0n) is 20.8. The van der Waals surface area contributed by atoms with Gasteiger partial charge in [0, 0.05) is 13.1 Å². The van der Waals surface area contributed by atoms with E-state index in [1.807, 2.05) is 0 Å². The van der Waals surface area contributed by atoms with Gasteiger partial charge in [-0.25, -0.2) is 17.6 Å². The maximum absolute atomic E-state index is 14.9. The van der Waals surface area contributed by atoms with Crippen LogP contribution in [0.15, 0.2) is 18.2 Å². The fraction of sp³-hybridized carbons (Fsp3) is 0.682. The van der Waals surface area contributed by atoms with Crippen LogP contribution >= 0.6 is 0 Å². The van der Waals surface area contributed by atoms with E-state index >= 15 is 0 Å². The Morgan fingerprint density at radius 1 is 1.21 bits per heavy atom. The maximum Gasteiger partial charge on any atom is 0.428 e. The molecule has 0 aromatic heterocycles. The fourth-order valence-corrected chi connectivity index (χ4v) is 7.07. The predicted molar refractivity (Wildman–Crippen MR) is 131 cm³/mol. The summed E-state index contributed by atoms with van der Waals surface area (Å²) in [7, 11) is -6.28. The number of hydrogen-bond donors (Lipinski definition) is 2. The van der Waals surface area contributed by atoms with E-state index in [1.54, 1.807) is 20.8 Å². The van der Waals surface area contributed by atoms with Gasteiger partial charge in [0.05, 0.1) is 24.7 Å². The minimum absolute atomic E-state index is 0.0558. The largest absolute Gasteiger partial charge is 0.443 e. The lowest BCUT2D eigenvalue weighted by Gasteiger charge is -2.34. The van der Waals surface area contributed by atoms with Gasteiger partial charge in [-0.1, -0.05) is 26.8 Å². The fourth-order valence-electron chi connectivity index (χ4n) is 3.44. The highest BCUT2D eigenvalue weighted by atomic mass is 32.2. The number of aliphatic hydroxyl groups is 1. The molecule has 0 unspecified atom stereocenters. The van der Waals surface area contributed by atoms with Gasteiger partial charge < -0.3 is 19.6 Å². The van der Waals surface area contributed by atoms with Gasteiger partial charge in [-0.05, 0) is 56.6 Å². The van der Waals surface area contributed by atoms with Crippen molar-refractivity contribution >= 4 is 30.1 Å². The van der Waals surface area contributed by atoms with Crippen molar-refractivity contribution in [3.05, 3.63) is 29.6 Å². The van der Waals surface area contributed by atoms with E-state index in [4.69, 9.17) is 14.3 Å². The van der Waals surface area contributed by atoms with Gasteiger partial charge in [-0.2, -0.15) is 4.31 Å². The van der Waals surface area contributed by atoms with Crippen LogP contribution in [0, 0.1) is 5.82 Å². The second-order valence-corrected chi connectivity index (χ2v) is 15.6. The third-order valence-corrected chi connectivity index (χ3v) is 11.1. The second kappa shape index (κ2) is 12.3. The summed E-state index contributed by atoms with van der Waals surface area (Å²) in [6, 6.07) is 6.64. The molecule has 8 nitrogen and oxygen atoms in total. The average molecular weight is 507 g/mol. The van der Waals surface area contributed by atoms with Crippen molar-refractivity contribution in [3.8, 4) is 0 Å². The number of sulfonamides is 1. The number of rotatable bonds is 12. The second-order valence-electron chi connectivity index (χ2n) is 9.00. The van der Waals surface area contributed by atoms with Crippen LogP contribution in [0.3, 0.4) is 0 Å². The molecule has 0 aliphatic rings. The Balaban J connectivity index is 3.53. The Morgan fingerprint density at radius 3 is 2.24 bits per heavy atom. The number of nitrogens with zero attached hydrogens (tertiary/aromatic N) is 1. The summed E-state index contributed by atoms with van der Waals surface area (Å²) in [4.78, 5) is 12.7. The Hall–Kier alpha value is -1.53. The van der Waals surface area contributed by atoms with Crippen LogP contribution in [0.1, 0.15) is 53.2 Å². The van der Waals surface area contributed by atoms with E-state index < -0.39 is 47.6 Å². The van der Waals surface area contributed by atoms with Gasteiger partial charge >= 0.3 is 6.09 Å². The molecular formula is C22H39FN2O6SSi. The number of carbonyl (C=O) groups is 1. The summed E-state index contributed by atoms with van der Waals surface area (Å²) in [5.74, 6) is -0.873. The summed E-state index contributed by atoms with van der Waals surface area (Å²) in [6.45, 7) is 11.7. The van der Waals surface area contributed by atoms with Gasteiger partial charge in [0.2, 0.25) is 10.0 Å². The lowest BCUT2D eigenvalue weighted by molar-refractivity contribution is 0.0608. The van der Waals surface area contributed by atoms with Crippen molar-refractivity contribution in [3.63, 3.8) is 0 Å². The van der Waals surface area contributed by atoms with Crippen LogP contribution in [0.5, 0.6) is 0 Å². The molecule has 0 saturated heterocycles. The van der Waals surface area contributed by atoms with Gasteiger partial charge in [0.1, 0.15) is 11.4 Å². The molecule has 0 heterocycles. The zero-order valence-corrected chi connectivity index (χ0v) is 22.6. The van der Waals surface area contributed by atoms with Gasteiger partial charge in [0.15, 0.2) is 8.32 Å². The van der Waals surface area contributed by atoms with E-state index in [-0.39, 0.29) is 6.61 Å². The van der Waals surface area contributed by atoms with Crippen molar-refractivity contribution in [2.45, 2.75) is 71.4 Å². The molecular weight excluding hydrogens is 467 g/mol. The number of carbonyl (C=O) groups excluding carboxylic acids is 1. The van der Waals surface area contributed by atoms with E-state index in [2.05, 4.69) is 26.1 Å². The maximum atomic E-state index is 14.9. The first-order chi connectivity index (χ1) is 15.2. The number of aliphatic hydroxyl groups excluding tert-OH is 1. The molecule has 33 heavy (non-hydrogen) atoms. The van der Waals surface area contributed by atoms with Crippen LogP contribution in [0.2, 0.25) is 18.1 Å². The molecule has 1 rings (SSSR count). The van der Waals surface area contributed by atoms with Crippen LogP contribution in [-0.2, 0) is 19.2 Å². The molecule has 11 heteroatoms. The number of benzene rings is 1. The Labute approximate surface area is 198 Å². The van der Waals surface area contributed by atoms with Crippen LogP contribution in [0.4, 0.5) is 14.9 Å². The highest BCUT2D eigenvalue weighted by Gasteiger charge is 2.35. The molecule has 1 amide bonds. The number of halogens is 1. The first-order valence-electron chi connectivity index (χ1n) is 11.3. The van der Waals surface area contributed by atoms with E-state index in [1.165, 1.54) is 12.1 Å². The van der Waals surface area contributed by atoms with Gasteiger partial charge in [-0.15, -0.1) is 0 Å². The molecule has 1 atom stereocenters. The van der Waals surface area contributed by atoms with Crippen LogP contribution in [-0.4, -0.2) is 59.5 Å². The predicted octanol–water partition coefficient (Wildman–Crippen LogP) is 4.17. The van der Waals surface area contributed by atoms with E-state index in [0.717, 1.165) is 30.5 Å². The summed E-state index contributed by atoms with van der Waals surface area (Å²) < 4.78 is 52.0. The van der Waals surface area contributed by atoms with E-state index in [9.17, 15) is 17.6 Å². The van der Waals surface area contributed by atoms with Crippen molar-refractivity contribution in [2.75, 3.05) is 30.3 Å². The smallest absolute Gasteiger partial charge is 0.428 e. The number of nitrogens with one attached hydrogen (secondary N) is 1. The molecule has 190 valence electrons. The summed E-state index contributed by atoms with van der Waals surface area (Å²) in [5, 5.41) is 12.3. The molecule has 0 spiro atoms. The average Bonchev–Trinajstić information content (AvgIpc) is 2.70. The van der Waals surface area contributed by atoms with Crippen molar-refractivity contribution in [1.29, 1.82) is 0 Å². The minimum atomic E-state index is -4.19. The molecule has 0 aliphatic carbocycles. The minimum Gasteiger partial charge on any atom is -0.443 e. The number of hydrogen-bond acceptors (Lipinski definition) is 7. The van der Waals surface area contributed by atoms with Crippen LogP contribution < -0.4 is 9.62 Å². The highest BCUT2D eigenvalue weighted by Crippen LogP contribution is 2.33. The highest BCUT2D eigenvalue weighted by molar-refractivity contribution is 7.92. The van der Waals surface area contributed by atoms with Gasteiger partial charge in [-0.3, -0.25) is 0 Å². The molecule has 1 aromatic carbocycles. The lowest BCUT2D eigenvalue weighted by atomic mass is 10.1. The van der Waals surface area contributed by atoms with Crippen molar-refractivity contribution in [2.24, 2.45) is 0 Å². The van der Waals surface area contributed by atoms with E-state index in [0.29, 0.717) is 23.0 Å². The summed E-state index contributed by atoms with van der Waals surface area (Å²) >= 11 is 0. The van der Waals surface area contributed by atoms with Crippen LogP contribution in [0.25, 0.3) is 0 Å². The Kier molecular flexibility index (Phi) is 11.0. The molecule has 0 radical (unpaired) electrons. The number of anilines is 1. The monoisotopic (exact) mass is 506 g/mol. The number of ether oxygens (including phenoxy) is 1. The first-order valence-corrected chi connectivity index (χ1v) is 15.6. The molecule has 0 fully saturated rings. The molecule has 0 aliphatic heterocycles. The molecule has 1 aromatic rings. The Morgan fingerprint density at radius 2 is 1.79 bits per heavy atom. The third kappa shape index (κ3) is 8.64. The SMILES string of the molecule is CC[Si](CC)(CC)O[C@@H](CNCCO)c1ccc(F)c(N(C(=O)OC(C)(C)C)S(C)(=O)=O)c1. The standard InChI is InChI=1S/C22H39FN2O6SSi/c1-8-33(9-2,10-3)31-20(16-24-13-14-26)17-11-12-18(23)19(15-17)25(32(7,28)29)21(27)30-22(4,5)6/h11-12,15,20,24,26H,8-10,13-14,16H2,1-7H3/t20-/m0/s1. The normalized spacial score (nSPS) is 13.6. The summed E-state index contributed by atoms with van der Waals surface area (Å²) in [6.07, 6.45) is -0.873. The topological polar surface area (TPSA) is 105 Å². The quantitative estimate of drug-likeness (QED) is 0.324. The number of amides is 1. The van der Waals surface area contributed by atoms with Crippen molar-refractivity contribution in [1.82, 2.24) is 5.32 Å². The zero-order chi connectivity index (χ0) is 25.4. The summed E-state index contributed by atoms with van der Waals surface area (Å²) in [5.41, 5.74) is -0.860. The third-order valence-electron chi connectivity index (χ3n) is 5.40. The molecule has 0 saturated carbocycles.